The number of carbonyl (C=O) groups is 2. The lowest BCUT2D eigenvalue weighted by atomic mass is 10.0. The van der Waals surface area contributed by atoms with Crippen LogP contribution >= 0.6 is 0 Å². The molecule has 0 atom stereocenters. The molecule has 2 aliphatic rings. The van der Waals surface area contributed by atoms with Gasteiger partial charge in [0.15, 0.2) is 23.9 Å². The number of hydrogen-bond acceptors (Lipinski definition) is 5. The van der Waals surface area contributed by atoms with Crippen molar-refractivity contribution >= 4 is 11.8 Å². The van der Waals surface area contributed by atoms with Crippen LogP contribution in [0.2, 0.25) is 0 Å². The lowest BCUT2D eigenvalue weighted by Gasteiger charge is -2.18. The SMILES string of the molecule is O=C(Cc1ccc2c(c1)OCCO2)OCC(=O)c1ccc2c(c1)CCC2. The molecule has 0 aromatic heterocycles. The normalized spacial score (nSPS) is 14.6. The van der Waals surface area contributed by atoms with E-state index in [2.05, 4.69) is 0 Å². The van der Waals surface area contributed by atoms with E-state index in [1.54, 1.807) is 18.2 Å². The molecule has 0 saturated carbocycles. The molecule has 0 radical (unpaired) electrons. The Morgan fingerprint density at radius 1 is 0.923 bits per heavy atom. The first-order valence-electron chi connectivity index (χ1n) is 8.88. The summed E-state index contributed by atoms with van der Waals surface area (Å²) in [6, 6.07) is 11.1. The highest BCUT2D eigenvalue weighted by Crippen LogP contribution is 2.31. The number of fused-ring (bicyclic) bond motifs is 2. The fourth-order valence-corrected chi connectivity index (χ4v) is 3.39. The molecule has 2 aromatic rings. The summed E-state index contributed by atoms with van der Waals surface area (Å²) in [6.07, 6.45) is 3.32. The van der Waals surface area contributed by atoms with Gasteiger partial charge in [0, 0.05) is 5.56 Å². The van der Waals surface area contributed by atoms with E-state index < -0.39 is 5.97 Å². The highest BCUT2D eigenvalue weighted by atomic mass is 16.6. The molecular weight excluding hydrogens is 332 g/mol. The molecule has 0 saturated heterocycles. The molecule has 0 spiro atoms. The number of ether oxygens (including phenoxy) is 3. The van der Waals surface area contributed by atoms with E-state index in [1.165, 1.54) is 11.1 Å². The molecule has 1 aliphatic heterocycles. The Kier molecular flexibility index (Phi) is 4.61. The summed E-state index contributed by atoms with van der Waals surface area (Å²) in [5.41, 5.74) is 3.93. The van der Waals surface area contributed by atoms with Crippen LogP contribution in [0.1, 0.15) is 33.5 Å². The maximum absolute atomic E-state index is 12.3. The van der Waals surface area contributed by atoms with E-state index >= 15 is 0 Å². The first kappa shape index (κ1) is 16.6. The Bertz CT molecular complexity index is 855. The molecule has 2 aromatic carbocycles. The molecule has 1 aliphatic carbocycles. The van der Waals surface area contributed by atoms with Crippen molar-refractivity contribution in [3.8, 4) is 11.5 Å². The summed E-state index contributed by atoms with van der Waals surface area (Å²) in [7, 11) is 0. The zero-order chi connectivity index (χ0) is 17.9. The molecular formula is C21H20O5. The molecule has 0 N–H and O–H groups in total. The third-order valence-corrected chi connectivity index (χ3v) is 4.74. The second kappa shape index (κ2) is 7.20. The van der Waals surface area contributed by atoms with Gasteiger partial charge in [0.2, 0.25) is 0 Å². The molecule has 5 nitrogen and oxygen atoms in total. The summed E-state index contributed by atoms with van der Waals surface area (Å²) in [5.74, 6) is 0.710. The Morgan fingerprint density at radius 2 is 1.73 bits per heavy atom. The molecule has 1 heterocycles. The molecule has 4 rings (SSSR count). The van der Waals surface area contributed by atoms with E-state index in [4.69, 9.17) is 14.2 Å². The molecule has 0 fully saturated rings. The molecule has 26 heavy (non-hydrogen) atoms. The fourth-order valence-electron chi connectivity index (χ4n) is 3.39. The Hall–Kier alpha value is -2.82. The predicted octanol–water partition coefficient (Wildman–Crippen LogP) is 2.92. The maximum atomic E-state index is 12.3. The minimum Gasteiger partial charge on any atom is -0.486 e. The average Bonchev–Trinajstić information content (AvgIpc) is 3.14. The van der Waals surface area contributed by atoms with Crippen LogP contribution in [0, 0.1) is 0 Å². The average molecular weight is 352 g/mol. The van der Waals surface area contributed by atoms with Crippen LogP contribution in [-0.4, -0.2) is 31.6 Å². The van der Waals surface area contributed by atoms with Crippen LogP contribution in [0.3, 0.4) is 0 Å². The van der Waals surface area contributed by atoms with Gasteiger partial charge in [-0.1, -0.05) is 18.2 Å². The van der Waals surface area contributed by atoms with E-state index in [0.29, 0.717) is 30.3 Å². The third-order valence-electron chi connectivity index (χ3n) is 4.74. The Labute approximate surface area is 151 Å². The lowest BCUT2D eigenvalue weighted by molar-refractivity contribution is -0.141. The molecule has 134 valence electrons. The van der Waals surface area contributed by atoms with Gasteiger partial charge in [-0.25, -0.2) is 0 Å². The monoisotopic (exact) mass is 352 g/mol. The zero-order valence-corrected chi connectivity index (χ0v) is 14.5. The predicted molar refractivity (Wildman–Crippen MR) is 94.9 cm³/mol. The maximum Gasteiger partial charge on any atom is 0.310 e. The summed E-state index contributed by atoms with van der Waals surface area (Å²) < 4.78 is 16.1. The van der Waals surface area contributed by atoms with E-state index in [-0.39, 0.29) is 18.8 Å². The molecule has 5 heteroatoms. The van der Waals surface area contributed by atoms with Gasteiger partial charge in [-0.2, -0.15) is 0 Å². The first-order chi connectivity index (χ1) is 12.7. The van der Waals surface area contributed by atoms with Crippen molar-refractivity contribution in [3.63, 3.8) is 0 Å². The second-order valence-corrected chi connectivity index (χ2v) is 6.58. The van der Waals surface area contributed by atoms with E-state index in [1.807, 2.05) is 18.2 Å². The van der Waals surface area contributed by atoms with Crippen LogP contribution in [0.25, 0.3) is 0 Å². The number of esters is 1. The smallest absolute Gasteiger partial charge is 0.310 e. The number of Topliss-reactive ketones (excluding diaryl/α,β-unsaturated/α-hetero) is 1. The van der Waals surface area contributed by atoms with Gasteiger partial charge in [0.05, 0.1) is 6.42 Å². The number of hydrogen-bond donors (Lipinski definition) is 0. The van der Waals surface area contributed by atoms with Gasteiger partial charge in [-0.3, -0.25) is 9.59 Å². The Morgan fingerprint density at radius 3 is 2.62 bits per heavy atom. The van der Waals surface area contributed by atoms with Gasteiger partial charge in [-0.05, 0) is 54.2 Å². The standard InChI is InChI=1S/C21H20O5/c22-18(17-6-5-15-2-1-3-16(15)12-17)13-26-21(23)11-14-4-7-19-20(10-14)25-9-8-24-19/h4-7,10,12H,1-3,8-9,11,13H2. The topological polar surface area (TPSA) is 61.8 Å². The number of carbonyl (C=O) groups excluding carboxylic acids is 2. The second-order valence-electron chi connectivity index (χ2n) is 6.58. The summed E-state index contributed by atoms with van der Waals surface area (Å²) in [6.45, 7) is 0.789. The number of rotatable bonds is 5. The van der Waals surface area contributed by atoms with Crippen molar-refractivity contribution in [1.82, 2.24) is 0 Å². The van der Waals surface area contributed by atoms with Gasteiger partial charge in [0.25, 0.3) is 0 Å². The van der Waals surface area contributed by atoms with Gasteiger partial charge >= 0.3 is 5.97 Å². The molecule has 0 bridgehead atoms. The summed E-state index contributed by atoms with van der Waals surface area (Å²) in [4.78, 5) is 24.3. The van der Waals surface area contributed by atoms with Crippen LogP contribution < -0.4 is 9.47 Å². The van der Waals surface area contributed by atoms with Crippen molar-refractivity contribution in [3.05, 3.63) is 58.7 Å². The first-order valence-corrected chi connectivity index (χ1v) is 8.88. The van der Waals surface area contributed by atoms with Crippen LogP contribution in [0.5, 0.6) is 11.5 Å². The van der Waals surface area contributed by atoms with Crippen LogP contribution in [0.15, 0.2) is 36.4 Å². The molecule has 0 unspecified atom stereocenters. The van der Waals surface area contributed by atoms with Gasteiger partial charge in [-0.15, -0.1) is 0 Å². The van der Waals surface area contributed by atoms with Crippen LogP contribution in [0.4, 0.5) is 0 Å². The minimum atomic E-state index is -0.434. The van der Waals surface area contributed by atoms with E-state index in [0.717, 1.165) is 24.8 Å². The van der Waals surface area contributed by atoms with Crippen molar-refractivity contribution < 1.29 is 23.8 Å². The van der Waals surface area contributed by atoms with Gasteiger partial charge < -0.3 is 14.2 Å². The fraction of sp³-hybridized carbons (Fsp3) is 0.333. The highest BCUT2D eigenvalue weighted by Gasteiger charge is 2.17. The molecule has 0 amide bonds. The minimum absolute atomic E-state index is 0.0914. The summed E-state index contributed by atoms with van der Waals surface area (Å²) in [5, 5.41) is 0. The number of aryl methyl sites for hydroxylation is 2. The van der Waals surface area contributed by atoms with Crippen molar-refractivity contribution in [2.75, 3.05) is 19.8 Å². The zero-order valence-electron chi connectivity index (χ0n) is 14.5. The van der Waals surface area contributed by atoms with Crippen molar-refractivity contribution in [1.29, 1.82) is 0 Å². The Balaban J connectivity index is 1.33. The van der Waals surface area contributed by atoms with Crippen LogP contribution in [-0.2, 0) is 28.8 Å². The number of benzene rings is 2. The van der Waals surface area contributed by atoms with Crippen molar-refractivity contribution in [2.45, 2.75) is 25.7 Å². The third kappa shape index (κ3) is 3.57. The highest BCUT2D eigenvalue weighted by molar-refractivity contribution is 5.98. The van der Waals surface area contributed by atoms with Crippen molar-refractivity contribution in [2.24, 2.45) is 0 Å². The quantitative estimate of drug-likeness (QED) is 0.612. The largest absolute Gasteiger partial charge is 0.486 e. The van der Waals surface area contributed by atoms with Gasteiger partial charge in [0.1, 0.15) is 13.2 Å². The summed E-state index contributed by atoms with van der Waals surface area (Å²) >= 11 is 0. The van der Waals surface area contributed by atoms with E-state index in [9.17, 15) is 9.59 Å². The number of ketones is 1. The lowest BCUT2D eigenvalue weighted by Crippen LogP contribution is -2.17.